The summed E-state index contributed by atoms with van der Waals surface area (Å²) in [6.07, 6.45) is 16.6. The van der Waals surface area contributed by atoms with Gasteiger partial charge in [0.2, 0.25) is 0 Å². The fourth-order valence-electron chi connectivity index (χ4n) is 1.19. The van der Waals surface area contributed by atoms with Gasteiger partial charge < -0.3 is 0 Å². The molecule has 0 N–H and O–H groups in total. The van der Waals surface area contributed by atoms with Crippen LogP contribution in [0.1, 0.15) is 44.9 Å². The molecule has 0 saturated heterocycles. The molecule has 0 atom stereocenters. The topological polar surface area (TPSA) is 0 Å². The molecule has 0 rings (SSSR count). The Kier molecular flexibility index (Phi) is 10.5. The molecule has 0 heterocycles. The molecule has 73 valence electrons. The lowest BCUT2D eigenvalue weighted by Crippen LogP contribution is -1.76. The van der Waals surface area contributed by atoms with Gasteiger partial charge in [0.1, 0.15) is 0 Å². The van der Waals surface area contributed by atoms with Gasteiger partial charge in [-0.1, -0.05) is 43.7 Å². The third kappa shape index (κ3) is 11.2. The standard InChI is InChI=1S/C13H21/c1-3-5-7-9-11-13-12-10-8-6-4-2/h1,3-4,8,10H,2,5-7,9,11-13H2. The minimum Gasteiger partial charge on any atom is -0.103 e. The number of unbranched alkanes of at least 4 members (excludes halogenated alkanes) is 5. The summed E-state index contributed by atoms with van der Waals surface area (Å²) in [5, 5.41) is 0. The van der Waals surface area contributed by atoms with Crippen molar-refractivity contribution in [3.05, 3.63) is 37.5 Å². The van der Waals surface area contributed by atoms with Crippen LogP contribution in [0.25, 0.3) is 0 Å². The van der Waals surface area contributed by atoms with Crippen LogP contribution in [0, 0.1) is 6.58 Å². The van der Waals surface area contributed by atoms with E-state index in [0.29, 0.717) is 0 Å². The van der Waals surface area contributed by atoms with Gasteiger partial charge in [-0.2, -0.15) is 0 Å². The molecule has 0 aromatic carbocycles. The largest absolute Gasteiger partial charge is 0.103 e. The molecule has 0 aromatic rings. The first-order chi connectivity index (χ1) is 6.41. The second-order valence-corrected chi connectivity index (χ2v) is 3.22. The number of allylic oxidation sites excluding steroid dienone is 4. The Morgan fingerprint density at radius 1 is 0.923 bits per heavy atom. The quantitative estimate of drug-likeness (QED) is 0.360. The van der Waals surface area contributed by atoms with Gasteiger partial charge >= 0.3 is 0 Å². The minimum atomic E-state index is 1.00. The van der Waals surface area contributed by atoms with E-state index >= 15 is 0 Å². The zero-order valence-corrected chi connectivity index (χ0v) is 8.54. The Bertz CT molecular complexity index is 142. The number of rotatable bonds is 9. The van der Waals surface area contributed by atoms with E-state index in [-0.39, 0.29) is 0 Å². The number of hydrogen-bond donors (Lipinski definition) is 0. The van der Waals surface area contributed by atoms with Crippen LogP contribution >= 0.6 is 0 Å². The van der Waals surface area contributed by atoms with Crippen molar-refractivity contribution >= 4 is 0 Å². The molecule has 0 aliphatic carbocycles. The normalized spacial score (nSPS) is 10.5. The third-order valence-corrected chi connectivity index (χ3v) is 1.96. The van der Waals surface area contributed by atoms with E-state index < -0.39 is 0 Å². The molecule has 1 radical (unpaired) electrons. The van der Waals surface area contributed by atoms with E-state index in [1.54, 1.807) is 6.08 Å². The lowest BCUT2D eigenvalue weighted by molar-refractivity contribution is 0.652. The SMILES string of the molecule is [CH]=CCCCCCCC=CCC=C. The maximum atomic E-state index is 5.28. The summed E-state index contributed by atoms with van der Waals surface area (Å²) >= 11 is 0. The number of hydrogen-bond acceptors (Lipinski definition) is 0. The second kappa shape index (κ2) is 11.2. The molecule has 0 saturated carbocycles. The van der Waals surface area contributed by atoms with E-state index in [0.717, 1.165) is 12.8 Å². The van der Waals surface area contributed by atoms with Crippen LogP contribution in [0.3, 0.4) is 0 Å². The molecule has 0 aliphatic heterocycles. The van der Waals surface area contributed by atoms with Crippen molar-refractivity contribution in [1.29, 1.82) is 0 Å². The summed E-state index contributed by atoms with van der Waals surface area (Å²) in [6, 6.07) is 0. The van der Waals surface area contributed by atoms with Crippen LogP contribution in [0.5, 0.6) is 0 Å². The summed E-state index contributed by atoms with van der Waals surface area (Å²) < 4.78 is 0. The Morgan fingerprint density at radius 2 is 1.62 bits per heavy atom. The minimum absolute atomic E-state index is 1.00. The summed E-state index contributed by atoms with van der Waals surface area (Å²) in [4.78, 5) is 0. The molecule has 0 aromatic heterocycles. The lowest BCUT2D eigenvalue weighted by Gasteiger charge is -1.95. The Morgan fingerprint density at radius 3 is 2.23 bits per heavy atom. The van der Waals surface area contributed by atoms with Crippen LogP contribution < -0.4 is 0 Å². The molecule has 0 nitrogen and oxygen atoms in total. The van der Waals surface area contributed by atoms with Crippen molar-refractivity contribution in [1.82, 2.24) is 0 Å². The Labute approximate surface area is 83.0 Å². The van der Waals surface area contributed by atoms with Gasteiger partial charge in [-0.3, -0.25) is 0 Å². The van der Waals surface area contributed by atoms with Crippen molar-refractivity contribution in [3.8, 4) is 0 Å². The molecule has 0 unspecified atom stereocenters. The van der Waals surface area contributed by atoms with Gasteiger partial charge in [-0.25, -0.2) is 0 Å². The zero-order valence-electron chi connectivity index (χ0n) is 8.54. The van der Waals surface area contributed by atoms with Crippen LogP contribution in [-0.4, -0.2) is 0 Å². The Balaban J connectivity index is 2.98. The Hall–Kier alpha value is -0.780. The van der Waals surface area contributed by atoms with Crippen molar-refractivity contribution in [2.24, 2.45) is 0 Å². The van der Waals surface area contributed by atoms with E-state index in [2.05, 4.69) is 18.7 Å². The summed E-state index contributed by atoms with van der Waals surface area (Å²) in [7, 11) is 0. The van der Waals surface area contributed by atoms with Crippen molar-refractivity contribution < 1.29 is 0 Å². The summed E-state index contributed by atoms with van der Waals surface area (Å²) in [6.45, 7) is 8.94. The molecule has 0 spiro atoms. The summed E-state index contributed by atoms with van der Waals surface area (Å²) in [5.74, 6) is 0. The van der Waals surface area contributed by atoms with Crippen molar-refractivity contribution in [2.75, 3.05) is 0 Å². The van der Waals surface area contributed by atoms with Crippen LogP contribution in [0.4, 0.5) is 0 Å². The maximum Gasteiger partial charge on any atom is -0.0172 e. The van der Waals surface area contributed by atoms with Crippen LogP contribution in [0.2, 0.25) is 0 Å². The van der Waals surface area contributed by atoms with E-state index in [1.807, 2.05) is 6.08 Å². The van der Waals surface area contributed by atoms with Gasteiger partial charge in [0.05, 0.1) is 0 Å². The predicted molar refractivity (Wildman–Crippen MR) is 60.5 cm³/mol. The van der Waals surface area contributed by atoms with Gasteiger partial charge in [0.15, 0.2) is 0 Å². The molecule has 0 bridgehead atoms. The second-order valence-electron chi connectivity index (χ2n) is 3.22. The molecule has 0 heteroatoms. The van der Waals surface area contributed by atoms with Crippen LogP contribution in [0.15, 0.2) is 30.9 Å². The highest BCUT2D eigenvalue weighted by atomic mass is 13.9. The average molecular weight is 177 g/mol. The average Bonchev–Trinajstić information content (AvgIpc) is 2.16. The van der Waals surface area contributed by atoms with Gasteiger partial charge in [0.25, 0.3) is 0 Å². The van der Waals surface area contributed by atoms with E-state index in [1.165, 1.54) is 32.1 Å². The fourth-order valence-corrected chi connectivity index (χ4v) is 1.19. The first-order valence-corrected chi connectivity index (χ1v) is 5.21. The molecule has 0 amide bonds. The molecule has 0 fully saturated rings. The van der Waals surface area contributed by atoms with Gasteiger partial charge in [-0.05, 0) is 32.1 Å². The molecule has 13 heavy (non-hydrogen) atoms. The first-order valence-electron chi connectivity index (χ1n) is 5.21. The van der Waals surface area contributed by atoms with Gasteiger partial charge in [0, 0.05) is 0 Å². The molecular formula is C13H21. The van der Waals surface area contributed by atoms with Crippen molar-refractivity contribution in [3.63, 3.8) is 0 Å². The first kappa shape index (κ1) is 12.2. The third-order valence-electron chi connectivity index (χ3n) is 1.96. The summed E-state index contributed by atoms with van der Waals surface area (Å²) in [5.41, 5.74) is 0. The highest BCUT2D eigenvalue weighted by Gasteiger charge is 1.86. The highest BCUT2D eigenvalue weighted by Crippen LogP contribution is 2.06. The molecular weight excluding hydrogens is 156 g/mol. The fraction of sp³-hybridized carbons (Fsp3) is 0.538. The van der Waals surface area contributed by atoms with E-state index in [9.17, 15) is 0 Å². The molecule has 0 aliphatic rings. The monoisotopic (exact) mass is 177 g/mol. The van der Waals surface area contributed by atoms with Gasteiger partial charge in [-0.15, -0.1) is 6.58 Å². The predicted octanol–water partition coefficient (Wildman–Crippen LogP) is 4.45. The lowest BCUT2D eigenvalue weighted by atomic mass is 10.1. The van der Waals surface area contributed by atoms with Crippen molar-refractivity contribution in [2.45, 2.75) is 44.9 Å². The highest BCUT2D eigenvalue weighted by molar-refractivity contribution is 4.87. The maximum absolute atomic E-state index is 5.28. The zero-order chi connectivity index (χ0) is 9.78. The van der Waals surface area contributed by atoms with E-state index in [4.69, 9.17) is 6.58 Å². The van der Waals surface area contributed by atoms with Crippen LogP contribution in [-0.2, 0) is 0 Å². The smallest absolute Gasteiger partial charge is 0.0172 e.